The third-order valence-electron chi connectivity index (χ3n) is 3.14. The van der Waals surface area contributed by atoms with Gasteiger partial charge in [-0.05, 0) is 24.8 Å². The molecule has 2 fully saturated rings. The van der Waals surface area contributed by atoms with Crippen molar-refractivity contribution < 1.29 is 9.90 Å². The Morgan fingerprint density at radius 2 is 2.38 bits per heavy atom. The third kappa shape index (κ3) is 1.38. The van der Waals surface area contributed by atoms with Gasteiger partial charge in [0.2, 0.25) is 0 Å². The third-order valence-corrected chi connectivity index (χ3v) is 3.14. The van der Waals surface area contributed by atoms with E-state index in [1.807, 2.05) is 0 Å². The summed E-state index contributed by atoms with van der Waals surface area (Å²) in [4.78, 5) is 12.1. The van der Waals surface area contributed by atoms with Crippen molar-refractivity contribution in [3.8, 4) is 0 Å². The summed E-state index contributed by atoms with van der Waals surface area (Å²) in [5, 5.41) is 12.1. The molecule has 1 amide bonds. The number of nitrogens with one attached hydrogen (secondary N) is 1. The molecule has 0 radical (unpaired) electrons. The fraction of sp³-hybridized carbons (Fsp3) is 0.875. The van der Waals surface area contributed by atoms with Gasteiger partial charge in [-0.1, -0.05) is 0 Å². The van der Waals surface area contributed by atoms with Crippen LogP contribution in [0.1, 0.15) is 6.42 Å². The van der Waals surface area contributed by atoms with E-state index in [-0.39, 0.29) is 6.17 Å². The molecule has 2 aliphatic heterocycles. The summed E-state index contributed by atoms with van der Waals surface area (Å²) in [6.45, 7) is 2.46. The molecule has 2 heterocycles. The van der Waals surface area contributed by atoms with Crippen molar-refractivity contribution in [3.63, 3.8) is 0 Å². The highest BCUT2D eigenvalue weighted by Crippen LogP contribution is 2.31. The van der Waals surface area contributed by atoms with Gasteiger partial charge in [0.05, 0.1) is 6.17 Å². The van der Waals surface area contributed by atoms with Crippen molar-refractivity contribution >= 4 is 6.09 Å². The predicted octanol–water partition coefficient (Wildman–Crippen LogP) is -0.509. The molecule has 0 aliphatic carbocycles. The summed E-state index contributed by atoms with van der Waals surface area (Å²) in [5.41, 5.74) is 5.85. The summed E-state index contributed by atoms with van der Waals surface area (Å²) in [6.07, 6.45) is -0.179. The van der Waals surface area contributed by atoms with Crippen molar-refractivity contribution in [3.05, 3.63) is 0 Å². The average molecular weight is 185 g/mol. The molecular weight excluding hydrogens is 170 g/mol. The molecule has 3 atom stereocenters. The standard InChI is InChI=1S/C8H15N3O2/c9-7-6-1-2-10-3-5(6)4-11(7)8(12)13/h5-7,10H,1-4,9H2,(H,12,13). The summed E-state index contributed by atoms with van der Waals surface area (Å²) < 4.78 is 0. The first-order chi connectivity index (χ1) is 6.20. The minimum absolute atomic E-state index is 0.287. The minimum atomic E-state index is -0.887. The smallest absolute Gasteiger partial charge is 0.408 e. The molecule has 2 rings (SSSR count). The monoisotopic (exact) mass is 185 g/mol. The Balaban J connectivity index is 2.09. The van der Waals surface area contributed by atoms with E-state index in [4.69, 9.17) is 10.8 Å². The lowest BCUT2D eigenvalue weighted by molar-refractivity contribution is 0.135. The van der Waals surface area contributed by atoms with Gasteiger partial charge in [-0.15, -0.1) is 0 Å². The highest BCUT2D eigenvalue weighted by molar-refractivity contribution is 5.65. The lowest BCUT2D eigenvalue weighted by atomic mass is 9.88. The fourth-order valence-corrected chi connectivity index (χ4v) is 2.40. The number of rotatable bonds is 0. The molecule has 3 unspecified atom stereocenters. The lowest BCUT2D eigenvalue weighted by Crippen LogP contribution is -2.45. The Hall–Kier alpha value is -0.810. The topological polar surface area (TPSA) is 78.6 Å². The number of hydrogen-bond donors (Lipinski definition) is 3. The van der Waals surface area contributed by atoms with Crippen LogP contribution in [0.15, 0.2) is 0 Å². The zero-order chi connectivity index (χ0) is 9.42. The maximum Gasteiger partial charge on any atom is 0.408 e. The molecule has 0 aromatic carbocycles. The number of fused-ring (bicyclic) bond motifs is 1. The average Bonchev–Trinajstić information content (AvgIpc) is 2.45. The molecule has 13 heavy (non-hydrogen) atoms. The number of nitrogens with zero attached hydrogens (tertiary/aromatic N) is 1. The number of carbonyl (C=O) groups is 1. The molecule has 4 N–H and O–H groups in total. The van der Waals surface area contributed by atoms with E-state index < -0.39 is 6.09 Å². The first-order valence-electron chi connectivity index (χ1n) is 4.66. The van der Waals surface area contributed by atoms with Gasteiger partial charge in [-0.3, -0.25) is 4.90 Å². The van der Waals surface area contributed by atoms with Crippen LogP contribution >= 0.6 is 0 Å². The molecule has 5 nitrogen and oxygen atoms in total. The lowest BCUT2D eigenvalue weighted by Gasteiger charge is -2.27. The molecule has 0 aromatic rings. The molecular formula is C8H15N3O2. The maximum atomic E-state index is 10.8. The second kappa shape index (κ2) is 3.16. The number of nitrogens with two attached hydrogens (primary N) is 1. The molecule has 5 heteroatoms. The van der Waals surface area contributed by atoms with Gasteiger partial charge in [0, 0.05) is 13.1 Å². The zero-order valence-electron chi connectivity index (χ0n) is 7.44. The SMILES string of the molecule is NC1C2CCNCC2CN1C(=O)O. The second-order valence-corrected chi connectivity index (χ2v) is 3.84. The van der Waals surface area contributed by atoms with Crippen LogP contribution in [0.5, 0.6) is 0 Å². The summed E-state index contributed by atoms with van der Waals surface area (Å²) in [6, 6.07) is 0. The highest BCUT2D eigenvalue weighted by atomic mass is 16.4. The number of carboxylic acid groups (broad SMARTS) is 1. The molecule has 2 aliphatic rings. The Morgan fingerprint density at radius 3 is 3.00 bits per heavy atom. The molecule has 2 saturated heterocycles. The molecule has 74 valence electrons. The van der Waals surface area contributed by atoms with Crippen LogP contribution < -0.4 is 11.1 Å². The van der Waals surface area contributed by atoms with E-state index in [9.17, 15) is 4.79 Å². The Kier molecular flexibility index (Phi) is 2.13. The molecule has 0 saturated carbocycles. The van der Waals surface area contributed by atoms with Crippen molar-refractivity contribution in [1.82, 2.24) is 10.2 Å². The summed E-state index contributed by atoms with van der Waals surface area (Å²) >= 11 is 0. The van der Waals surface area contributed by atoms with E-state index in [0.29, 0.717) is 18.4 Å². The number of hydrogen-bond acceptors (Lipinski definition) is 3. The van der Waals surface area contributed by atoms with Crippen LogP contribution in [0.4, 0.5) is 4.79 Å². The van der Waals surface area contributed by atoms with E-state index in [1.165, 1.54) is 4.90 Å². The van der Waals surface area contributed by atoms with Crippen LogP contribution in [0.3, 0.4) is 0 Å². The van der Waals surface area contributed by atoms with Crippen molar-refractivity contribution in [2.24, 2.45) is 17.6 Å². The van der Waals surface area contributed by atoms with Gasteiger partial charge >= 0.3 is 6.09 Å². The Bertz CT molecular complexity index is 221. The first-order valence-corrected chi connectivity index (χ1v) is 4.66. The second-order valence-electron chi connectivity index (χ2n) is 3.84. The summed E-state index contributed by atoms with van der Waals surface area (Å²) in [5.74, 6) is 0.775. The van der Waals surface area contributed by atoms with Gasteiger partial charge in [0.25, 0.3) is 0 Å². The van der Waals surface area contributed by atoms with Gasteiger partial charge < -0.3 is 16.2 Å². The number of piperidine rings is 1. The quantitative estimate of drug-likeness (QED) is 0.475. The normalized spacial score (nSPS) is 38.8. The zero-order valence-corrected chi connectivity index (χ0v) is 7.44. The predicted molar refractivity (Wildman–Crippen MR) is 47.2 cm³/mol. The van der Waals surface area contributed by atoms with E-state index in [0.717, 1.165) is 19.5 Å². The van der Waals surface area contributed by atoms with E-state index in [2.05, 4.69) is 5.32 Å². The maximum absolute atomic E-state index is 10.8. The molecule has 0 aromatic heterocycles. The number of likely N-dealkylation sites (tertiary alicyclic amines) is 1. The molecule has 0 bridgehead atoms. The van der Waals surface area contributed by atoms with E-state index in [1.54, 1.807) is 0 Å². The van der Waals surface area contributed by atoms with Crippen LogP contribution in [-0.2, 0) is 0 Å². The largest absolute Gasteiger partial charge is 0.465 e. The van der Waals surface area contributed by atoms with Gasteiger partial charge in [-0.25, -0.2) is 4.79 Å². The van der Waals surface area contributed by atoms with Crippen molar-refractivity contribution in [2.45, 2.75) is 12.6 Å². The van der Waals surface area contributed by atoms with Crippen LogP contribution in [0.25, 0.3) is 0 Å². The number of amides is 1. The van der Waals surface area contributed by atoms with Crippen LogP contribution in [0.2, 0.25) is 0 Å². The highest BCUT2D eigenvalue weighted by Gasteiger charge is 2.42. The van der Waals surface area contributed by atoms with Crippen molar-refractivity contribution in [2.75, 3.05) is 19.6 Å². The summed E-state index contributed by atoms with van der Waals surface area (Å²) in [7, 11) is 0. The van der Waals surface area contributed by atoms with Gasteiger partial charge in [0.15, 0.2) is 0 Å². The Morgan fingerprint density at radius 1 is 1.62 bits per heavy atom. The minimum Gasteiger partial charge on any atom is -0.465 e. The van der Waals surface area contributed by atoms with Gasteiger partial charge in [-0.2, -0.15) is 0 Å². The van der Waals surface area contributed by atoms with E-state index >= 15 is 0 Å². The van der Waals surface area contributed by atoms with Gasteiger partial charge in [0.1, 0.15) is 0 Å². The Labute approximate surface area is 76.9 Å². The van der Waals surface area contributed by atoms with Crippen LogP contribution in [0, 0.1) is 11.8 Å². The molecule has 0 spiro atoms. The fourth-order valence-electron chi connectivity index (χ4n) is 2.40. The first kappa shape index (κ1) is 8.77. The van der Waals surface area contributed by atoms with Crippen molar-refractivity contribution in [1.29, 1.82) is 0 Å². The van der Waals surface area contributed by atoms with Crippen LogP contribution in [-0.4, -0.2) is 41.9 Å².